The third-order valence-electron chi connectivity index (χ3n) is 5.95. The maximum absolute atomic E-state index is 12.8. The van der Waals surface area contributed by atoms with Crippen LogP contribution in [-0.4, -0.2) is 46.4 Å². The van der Waals surface area contributed by atoms with Crippen molar-refractivity contribution in [2.24, 2.45) is 18.9 Å². The molecule has 3 atom stereocenters. The number of hydrogen-bond acceptors (Lipinski definition) is 6. The quantitative estimate of drug-likeness (QED) is 0.669. The molecule has 1 saturated carbocycles. The molecule has 5 rings (SSSR count). The van der Waals surface area contributed by atoms with Gasteiger partial charge in [0.25, 0.3) is 5.56 Å². The summed E-state index contributed by atoms with van der Waals surface area (Å²) in [7, 11) is -1.79. The van der Waals surface area contributed by atoms with Crippen molar-refractivity contribution in [1.82, 2.24) is 18.8 Å². The second-order valence-corrected chi connectivity index (χ2v) is 9.67. The Labute approximate surface area is 174 Å². The van der Waals surface area contributed by atoms with Crippen molar-refractivity contribution in [3.63, 3.8) is 0 Å². The number of sulfonamides is 1. The largest absolute Gasteiger partial charge is 0.352 e. The standard InChI is InChI=1S/C21H21N5O3S/c1-25-19(27)11-18(14-7-9-22-10-8-14)23-21(25)24-20-16-12-26(13-17(16)20)30(28,29)15-5-3-2-4-6-15/h2-11,16-17,20H,12-13H2,1H3,(H,23,24)/t16-,17?,20?/m0/s1. The lowest BCUT2D eigenvalue weighted by Crippen LogP contribution is -2.34. The van der Waals surface area contributed by atoms with Gasteiger partial charge in [-0.2, -0.15) is 4.31 Å². The maximum atomic E-state index is 12.8. The number of anilines is 1. The van der Waals surface area contributed by atoms with Gasteiger partial charge in [0.15, 0.2) is 0 Å². The zero-order chi connectivity index (χ0) is 20.9. The summed E-state index contributed by atoms with van der Waals surface area (Å²) in [6, 6.07) is 13.7. The van der Waals surface area contributed by atoms with E-state index in [1.807, 2.05) is 12.1 Å². The topological polar surface area (TPSA) is 97.2 Å². The number of pyridine rings is 1. The van der Waals surface area contributed by atoms with E-state index in [-0.39, 0.29) is 23.4 Å². The first-order chi connectivity index (χ1) is 14.4. The molecule has 8 nitrogen and oxygen atoms in total. The molecule has 0 radical (unpaired) electrons. The molecule has 1 saturated heterocycles. The van der Waals surface area contributed by atoms with Gasteiger partial charge >= 0.3 is 0 Å². The van der Waals surface area contributed by atoms with E-state index in [1.54, 1.807) is 54.1 Å². The molecule has 1 aliphatic heterocycles. The molecular formula is C21H21N5O3S. The van der Waals surface area contributed by atoms with Gasteiger partial charge in [-0.05, 0) is 36.1 Å². The number of rotatable bonds is 5. The van der Waals surface area contributed by atoms with Gasteiger partial charge in [-0.15, -0.1) is 0 Å². The van der Waals surface area contributed by atoms with E-state index in [4.69, 9.17) is 0 Å². The van der Waals surface area contributed by atoms with Crippen LogP contribution in [0.2, 0.25) is 0 Å². The van der Waals surface area contributed by atoms with E-state index >= 15 is 0 Å². The summed E-state index contributed by atoms with van der Waals surface area (Å²) < 4.78 is 28.7. The fourth-order valence-electron chi connectivity index (χ4n) is 4.13. The molecular weight excluding hydrogens is 402 g/mol. The zero-order valence-corrected chi connectivity index (χ0v) is 17.2. The Morgan fingerprint density at radius 1 is 1.03 bits per heavy atom. The average molecular weight is 423 g/mol. The normalized spacial score (nSPS) is 23.2. The van der Waals surface area contributed by atoms with Gasteiger partial charge in [0.05, 0.1) is 10.6 Å². The Balaban J connectivity index is 1.32. The number of piperidine rings is 1. The van der Waals surface area contributed by atoms with Crippen LogP contribution in [0.25, 0.3) is 11.3 Å². The second-order valence-electron chi connectivity index (χ2n) is 7.73. The van der Waals surface area contributed by atoms with Crippen molar-refractivity contribution < 1.29 is 8.42 Å². The summed E-state index contributed by atoms with van der Waals surface area (Å²) in [5.74, 6) is 0.918. The van der Waals surface area contributed by atoms with Gasteiger partial charge in [0.1, 0.15) is 0 Å². The minimum Gasteiger partial charge on any atom is -0.352 e. The van der Waals surface area contributed by atoms with Crippen LogP contribution in [0.4, 0.5) is 5.95 Å². The van der Waals surface area contributed by atoms with E-state index < -0.39 is 10.0 Å². The summed E-state index contributed by atoms with van der Waals surface area (Å²) in [4.78, 5) is 21.3. The van der Waals surface area contributed by atoms with Crippen molar-refractivity contribution >= 4 is 16.0 Å². The van der Waals surface area contributed by atoms with E-state index in [0.717, 1.165) is 5.56 Å². The number of nitrogens with one attached hydrogen (secondary N) is 1. The molecule has 0 bridgehead atoms. The third kappa shape index (κ3) is 3.20. The van der Waals surface area contributed by atoms with Crippen LogP contribution in [0.3, 0.4) is 0 Å². The van der Waals surface area contributed by atoms with Crippen LogP contribution in [0.5, 0.6) is 0 Å². The molecule has 9 heteroatoms. The predicted molar refractivity (Wildman–Crippen MR) is 112 cm³/mol. The number of fused-ring (bicyclic) bond motifs is 1. The lowest BCUT2D eigenvalue weighted by atomic mass is 10.2. The lowest BCUT2D eigenvalue weighted by molar-refractivity contribution is 0.435. The molecule has 2 aliphatic rings. The lowest BCUT2D eigenvalue weighted by Gasteiger charge is -2.20. The Hall–Kier alpha value is -3.04. The molecule has 2 fully saturated rings. The molecule has 3 aromatic rings. The highest BCUT2D eigenvalue weighted by Gasteiger charge is 2.58. The summed E-state index contributed by atoms with van der Waals surface area (Å²) >= 11 is 0. The van der Waals surface area contributed by atoms with E-state index in [2.05, 4.69) is 15.3 Å². The van der Waals surface area contributed by atoms with Crippen LogP contribution in [0.1, 0.15) is 0 Å². The van der Waals surface area contributed by atoms with Crippen molar-refractivity contribution in [1.29, 1.82) is 0 Å². The molecule has 1 aliphatic carbocycles. The Kier molecular flexibility index (Phi) is 4.44. The van der Waals surface area contributed by atoms with Gasteiger partial charge in [-0.25, -0.2) is 13.4 Å². The summed E-state index contributed by atoms with van der Waals surface area (Å²) in [5.41, 5.74) is 1.25. The van der Waals surface area contributed by atoms with Crippen LogP contribution >= 0.6 is 0 Å². The number of hydrogen-bond donors (Lipinski definition) is 1. The summed E-state index contributed by atoms with van der Waals surface area (Å²) in [6.45, 7) is 0.940. The summed E-state index contributed by atoms with van der Waals surface area (Å²) in [6.07, 6.45) is 3.32. The highest BCUT2D eigenvalue weighted by molar-refractivity contribution is 7.89. The Bertz CT molecular complexity index is 1230. The molecule has 154 valence electrons. The predicted octanol–water partition coefficient (Wildman–Crippen LogP) is 1.57. The molecule has 2 aromatic heterocycles. The minimum atomic E-state index is -3.47. The minimum absolute atomic E-state index is 0.109. The first kappa shape index (κ1) is 19.0. The summed E-state index contributed by atoms with van der Waals surface area (Å²) in [5, 5.41) is 3.36. The highest BCUT2D eigenvalue weighted by Crippen LogP contribution is 2.48. The molecule has 3 heterocycles. The van der Waals surface area contributed by atoms with Crippen molar-refractivity contribution in [2.75, 3.05) is 18.4 Å². The van der Waals surface area contributed by atoms with Crippen LogP contribution in [0, 0.1) is 11.8 Å². The van der Waals surface area contributed by atoms with Crippen LogP contribution in [-0.2, 0) is 17.1 Å². The molecule has 2 unspecified atom stereocenters. The Morgan fingerprint density at radius 3 is 2.37 bits per heavy atom. The smallest absolute Gasteiger partial charge is 0.255 e. The van der Waals surface area contributed by atoms with Crippen molar-refractivity contribution in [2.45, 2.75) is 10.9 Å². The van der Waals surface area contributed by atoms with Gasteiger partial charge in [-0.3, -0.25) is 14.3 Å². The van der Waals surface area contributed by atoms with E-state index in [1.165, 1.54) is 10.6 Å². The van der Waals surface area contributed by atoms with Gasteiger partial charge in [-0.1, -0.05) is 18.2 Å². The molecule has 0 spiro atoms. The van der Waals surface area contributed by atoms with Crippen LogP contribution < -0.4 is 10.9 Å². The SMILES string of the molecule is Cn1c(NC2C3CN(S(=O)(=O)c4ccccc4)C[C@@H]32)nc(-c2ccncc2)cc1=O. The molecule has 1 N–H and O–H groups in total. The van der Waals surface area contributed by atoms with Crippen molar-refractivity contribution in [3.8, 4) is 11.3 Å². The van der Waals surface area contributed by atoms with Crippen molar-refractivity contribution in [3.05, 3.63) is 71.3 Å². The zero-order valence-electron chi connectivity index (χ0n) is 16.3. The second kappa shape index (κ2) is 7.03. The first-order valence-corrected chi connectivity index (χ1v) is 11.2. The van der Waals surface area contributed by atoms with E-state index in [9.17, 15) is 13.2 Å². The third-order valence-corrected chi connectivity index (χ3v) is 7.79. The van der Waals surface area contributed by atoms with E-state index in [0.29, 0.717) is 29.6 Å². The highest BCUT2D eigenvalue weighted by atomic mass is 32.2. The van der Waals surface area contributed by atoms with Gasteiger partial charge in [0, 0.05) is 50.2 Å². The Morgan fingerprint density at radius 2 is 1.70 bits per heavy atom. The monoisotopic (exact) mass is 423 g/mol. The number of aromatic nitrogens is 3. The number of nitrogens with zero attached hydrogens (tertiary/aromatic N) is 4. The molecule has 1 aromatic carbocycles. The number of benzene rings is 1. The first-order valence-electron chi connectivity index (χ1n) is 9.75. The maximum Gasteiger partial charge on any atom is 0.255 e. The molecule has 30 heavy (non-hydrogen) atoms. The van der Waals surface area contributed by atoms with Crippen LogP contribution in [0.15, 0.2) is 70.6 Å². The average Bonchev–Trinajstić information content (AvgIpc) is 3.19. The fourth-order valence-corrected chi connectivity index (χ4v) is 5.66. The van der Waals surface area contributed by atoms with Gasteiger partial charge < -0.3 is 5.32 Å². The molecule has 0 amide bonds. The van der Waals surface area contributed by atoms with Gasteiger partial charge in [0.2, 0.25) is 16.0 Å². The fraction of sp³-hybridized carbons (Fsp3) is 0.286.